The summed E-state index contributed by atoms with van der Waals surface area (Å²) in [6.07, 6.45) is 14.3. The van der Waals surface area contributed by atoms with E-state index in [9.17, 15) is 0 Å². The van der Waals surface area contributed by atoms with Crippen LogP contribution < -0.4 is 0 Å². The summed E-state index contributed by atoms with van der Waals surface area (Å²) in [4.78, 5) is 0. The van der Waals surface area contributed by atoms with Crippen molar-refractivity contribution in [3.8, 4) is 0 Å². The standard InChI is InChI=1S/C24H32/c1-3-5-7-9-21-11-15-23(16-12-21)19-20-24-17-13-22(14-18-24)10-8-6-4-2/h7,9,11-18H,3-6,8,10,19-20H2,1-2H3. The molecule has 0 atom stereocenters. The van der Waals surface area contributed by atoms with Crippen LogP contribution in [0, 0.1) is 0 Å². The van der Waals surface area contributed by atoms with Gasteiger partial charge in [-0.1, -0.05) is 93.8 Å². The third-order valence-corrected chi connectivity index (χ3v) is 4.54. The number of rotatable bonds is 10. The fourth-order valence-corrected chi connectivity index (χ4v) is 2.92. The molecule has 2 aromatic carbocycles. The van der Waals surface area contributed by atoms with Crippen LogP contribution in [0.2, 0.25) is 0 Å². The van der Waals surface area contributed by atoms with E-state index in [4.69, 9.17) is 0 Å². The highest BCUT2D eigenvalue weighted by Gasteiger charge is 1.98. The molecule has 0 fully saturated rings. The summed E-state index contributed by atoms with van der Waals surface area (Å²) in [6, 6.07) is 18.2. The average Bonchev–Trinajstić information content (AvgIpc) is 2.63. The molecule has 0 aliphatic rings. The topological polar surface area (TPSA) is 0 Å². The van der Waals surface area contributed by atoms with Gasteiger partial charge in [0.15, 0.2) is 0 Å². The minimum absolute atomic E-state index is 1.12. The van der Waals surface area contributed by atoms with Crippen LogP contribution in [0.4, 0.5) is 0 Å². The minimum Gasteiger partial charge on any atom is -0.0840 e. The van der Waals surface area contributed by atoms with E-state index in [1.165, 1.54) is 54.4 Å². The zero-order valence-electron chi connectivity index (χ0n) is 15.4. The van der Waals surface area contributed by atoms with E-state index in [0.717, 1.165) is 19.3 Å². The number of hydrogen-bond acceptors (Lipinski definition) is 0. The van der Waals surface area contributed by atoms with E-state index in [2.05, 4.69) is 74.5 Å². The molecule has 128 valence electrons. The van der Waals surface area contributed by atoms with Gasteiger partial charge in [0.1, 0.15) is 0 Å². The largest absolute Gasteiger partial charge is 0.0840 e. The van der Waals surface area contributed by atoms with Gasteiger partial charge in [0.25, 0.3) is 0 Å². The van der Waals surface area contributed by atoms with Crippen LogP contribution in [0.25, 0.3) is 6.08 Å². The molecule has 0 heterocycles. The van der Waals surface area contributed by atoms with Crippen molar-refractivity contribution in [1.82, 2.24) is 0 Å². The summed E-state index contributed by atoms with van der Waals surface area (Å²) in [6.45, 7) is 4.47. The predicted molar refractivity (Wildman–Crippen MR) is 107 cm³/mol. The van der Waals surface area contributed by atoms with Gasteiger partial charge in [0, 0.05) is 0 Å². The average molecular weight is 321 g/mol. The van der Waals surface area contributed by atoms with Crippen molar-refractivity contribution in [2.75, 3.05) is 0 Å². The Balaban J connectivity index is 1.80. The Morgan fingerprint density at radius 1 is 0.625 bits per heavy atom. The van der Waals surface area contributed by atoms with Gasteiger partial charge >= 0.3 is 0 Å². The molecule has 0 radical (unpaired) electrons. The van der Waals surface area contributed by atoms with Gasteiger partial charge in [0.2, 0.25) is 0 Å². The molecule has 24 heavy (non-hydrogen) atoms. The van der Waals surface area contributed by atoms with E-state index >= 15 is 0 Å². The molecule has 2 rings (SSSR count). The van der Waals surface area contributed by atoms with Crippen LogP contribution in [0.15, 0.2) is 54.6 Å². The lowest BCUT2D eigenvalue weighted by molar-refractivity contribution is 0.717. The molecule has 0 aromatic heterocycles. The number of benzene rings is 2. The van der Waals surface area contributed by atoms with E-state index in [-0.39, 0.29) is 0 Å². The van der Waals surface area contributed by atoms with Crippen molar-refractivity contribution in [1.29, 1.82) is 0 Å². The first kappa shape index (κ1) is 18.5. The third-order valence-electron chi connectivity index (χ3n) is 4.54. The second kappa shape index (κ2) is 10.9. The van der Waals surface area contributed by atoms with Crippen molar-refractivity contribution >= 4 is 6.08 Å². The van der Waals surface area contributed by atoms with Gasteiger partial charge in [-0.25, -0.2) is 0 Å². The summed E-state index contributed by atoms with van der Waals surface area (Å²) in [5, 5.41) is 0. The smallest absolute Gasteiger partial charge is 0.0238 e. The molecule has 0 saturated carbocycles. The van der Waals surface area contributed by atoms with Gasteiger partial charge in [-0.3, -0.25) is 0 Å². The van der Waals surface area contributed by atoms with Crippen LogP contribution in [0.3, 0.4) is 0 Å². The Kier molecular flexibility index (Phi) is 8.38. The van der Waals surface area contributed by atoms with Gasteiger partial charge in [-0.15, -0.1) is 0 Å². The summed E-state index contributed by atoms with van der Waals surface area (Å²) >= 11 is 0. The molecule has 0 bridgehead atoms. The lowest BCUT2D eigenvalue weighted by Crippen LogP contribution is -1.92. The van der Waals surface area contributed by atoms with Gasteiger partial charge < -0.3 is 0 Å². The van der Waals surface area contributed by atoms with Gasteiger partial charge in [-0.05, 0) is 54.4 Å². The first-order valence-corrected chi connectivity index (χ1v) is 9.65. The van der Waals surface area contributed by atoms with Crippen LogP contribution in [-0.2, 0) is 19.3 Å². The maximum absolute atomic E-state index is 2.31. The maximum Gasteiger partial charge on any atom is -0.0238 e. The Hall–Kier alpha value is -1.82. The van der Waals surface area contributed by atoms with Crippen LogP contribution >= 0.6 is 0 Å². The normalized spacial score (nSPS) is 11.2. The van der Waals surface area contributed by atoms with Gasteiger partial charge in [0.05, 0.1) is 0 Å². The van der Waals surface area contributed by atoms with Crippen LogP contribution in [-0.4, -0.2) is 0 Å². The van der Waals surface area contributed by atoms with Crippen LogP contribution in [0.5, 0.6) is 0 Å². The number of hydrogen-bond donors (Lipinski definition) is 0. The molecular weight excluding hydrogens is 288 g/mol. The summed E-state index contributed by atoms with van der Waals surface area (Å²) in [5.41, 5.74) is 5.66. The molecule has 0 nitrogen and oxygen atoms in total. The SMILES string of the molecule is CCCC=Cc1ccc(CCc2ccc(CCCCC)cc2)cc1. The summed E-state index contributed by atoms with van der Waals surface area (Å²) in [7, 11) is 0. The second-order valence-electron chi connectivity index (χ2n) is 6.71. The molecule has 2 aromatic rings. The lowest BCUT2D eigenvalue weighted by atomic mass is 10.0. The Morgan fingerprint density at radius 2 is 1.17 bits per heavy atom. The van der Waals surface area contributed by atoms with Crippen molar-refractivity contribution in [3.05, 3.63) is 76.9 Å². The molecule has 0 unspecified atom stereocenters. The molecule has 0 N–H and O–H groups in total. The first-order chi connectivity index (χ1) is 11.8. The van der Waals surface area contributed by atoms with Crippen molar-refractivity contribution in [2.45, 2.75) is 65.2 Å². The van der Waals surface area contributed by atoms with E-state index in [1.54, 1.807) is 0 Å². The highest BCUT2D eigenvalue weighted by Crippen LogP contribution is 2.13. The molecule has 0 spiro atoms. The highest BCUT2D eigenvalue weighted by atomic mass is 14.0. The fraction of sp³-hybridized carbons (Fsp3) is 0.417. The Morgan fingerprint density at radius 3 is 1.71 bits per heavy atom. The molecular formula is C24H32. The third kappa shape index (κ3) is 6.74. The quantitative estimate of drug-likeness (QED) is 0.413. The summed E-state index contributed by atoms with van der Waals surface area (Å²) < 4.78 is 0. The Labute approximate surface area is 148 Å². The zero-order chi connectivity index (χ0) is 17.0. The van der Waals surface area contributed by atoms with Crippen molar-refractivity contribution in [3.63, 3.8) is 0 Å². The summed E-state index contributed by atoms with van der Waals surface area (Å²) in [5.74, 6) is 0. The number of unbranched alkanes of at least 4 members (excludes halogenated alkanes) is 3. The van der Waals surface area contributed by atoms with Gasteiger partial charge in [-0.2, -0.15) is 0 Å². The fourth-order valence-electron chi connectivity index (χ4n) is 2.92. The molecule has 0 heteroatoms. The van der Waals surface area contributed by atoms with Crippen LogP contribution in [0.1, 0.15) is 68.2 Å². The zero-order valence-corrected chi connectivity index (χ0v) is 15.4. The van der Waals surface area contributed by atoms with Crippen molar-refractivity contribution in [2.24, 2.45) is 0 Å². The van der Waals surface area contributed by atoms with E-state index in [1.807, 2.05) is 0 Å². The molecule has 0 amide bonds. The van der Waals surface area contributed by atoms with E-state index < -0.39 is 0 Å². The lowest BCUT2D eigenvalue weighted by Gasteiger charge is -2.05. The first-order valence-electron chi connectivity index (χ1n) is 9.65. The highest BCUT2D eigenvalue weighted by molar-refractivity contribution is 5.49. The molecule has 0 saturated heterocycles. The molecule has 0 aliphatic heterocycles. The second-order valence-corrected chi connectivity index (χ2v) is 6.71. The minimum atomic E-state index is 1.12. The maximum atomic E-state index is 2.31. The Bertz CT molecular complexity index is 587. The van der Waals surface area contributed by atoms with E-state index in [0.29, 0.717) is 0 Å². The predicted octanol–water partition coefficient (Wildman–Crippen LogP) is 7.02. The number of aryl methyl sites for hydroxylation is 3. The molecule has 0 aliphatic carbocycles. The van der Waals surface area contributed by atoms with Crippen molar-refractivity contribution < 1.29 is 0 Å². The number of allylic oxidation sites excluding steroid dienone is 1. The monoisotopic (exact) mass is 320 g/mol.